The van der Waals surface area contributed by atoms with Crippen LogP contribution in [0.5, 0.6) is 11.5 Å². The van der Waals surface area contributed by atoms with E-state index in [-0.39, 0.29) is 0 Å². The Morgan fingerprint density at radius 2 is 1.92 bits per heavy atom. The van der Waals surface area contributed by atoms with Gasteiger partial charge >= 0.3 is 5.97 Å². The summed E-state index contributed by atoms with van der Waals surface area (Å²) >= 11 is 0. The van der Waals surface area contributed by atoms with Crippen LogP contribution in [0.3, 0.4) is 0 Å². The number of methoxy groups -OCH3 is 1. The fraction of sp³-hybridized carbons (Fsp3) is 0.500. The van der Waals surface area contributed by atoms with Gasteiger partial charge in [-0.15, -0.1) is 0 Å². The van der Waals surface area contributed by atoms with Gasteiger partial charge in [-0.05, 0) is 12.1 Å². The van der Waals surface area contributed by atoms with Gasteiger partial charge in [-0.1, -0.05) is 0 Å². The molecule has 1 heterocycles. The number of aliphatic hydroxyl groups is 5. The van der Waals surface area contributed by atoms with Crippen molar-refractivity contribution in [1.29, 1.82) is 0 Å². The number of phenols is 1. The molecule has 0 saturated carbocycles. The monoisotopic (exact) mass is 346 g/mol. The molecule has 10 nitrogen and oxygen atoms in total. The SMILES string of the molecule is COc1c(O)ccc(C(=O)O)c1C1(O)O[C@H](CO)[C@@H](O)[C@H](O)[C@H]1O. The molecule has 0 aliphatic carbocycles. The van der Waals surface area contributed by atoms with Crippen molar-refractivity contribution >= 4 is 5.97 Å². The van der Waals surface area contributed by atoms with Gasteiger partial charge in [0.05, 0.1) is 24.8 Å². The normalized spacial score (nSPS) is 33.2. The highest BCUT2D eigenvalue weighted by atomic mass is 16.7. The lowest BCUT2D eigenvalue weighted by molar-refractivity contribution is -0.358. The Morgan fingerprint density at radius 1 is 1.29 bits per heavy atom. The number of hydrogen-bond acceptors (Lipinski definition) is 9. The largest absolute Gasteiger partial charge is 0.504 e. The van der Waals surface area contributed by atoms with Crippen LogP contribution in [-0.4, -0.2) is 79.8 Å². The van der Waals surface area contributed by atoms with E-state index < -0.39 is 65.4 Å². The van der Waals surface area contributed by atoms with Gasteiger partial charge in [-0.3, -0.25) is 0 Å². The molecule has 2 rings (SSSR count). The first-order chi connectivity index (χ1) is 11.2. The third-order valence-corrected chi connectivity index (χ3v) is 3.90. The van der Waals surface area contributed by atoms with Gasteiger partial charge in [0, 0.05) is 0 Å². The lowest BCUT2D eigenvalue weighted by Crippen LogP contribution is -2.63. The Bertz CT molecular complexity index is 630. The molecule has 1 aromatic rings. The number of aromatic carboxylic acids is 1. The van der Waals surface area contributed by atoms with Crippen molar-refractivity contribution in [2.45, 2.75) is 30.2 Å². The molecule has 0 amide bonds. The molecule has 0 spiro atoms. The van der Waals surface area contributed by atoms with Crippen LogP contribution in [0.1, 0.15) is 15.9 Å². The average Bonchev–Trinajstić information content (AvgIpc) is 2.55. The van der Waals surface area contributed by atoms with Crippen LogP contribution < -0.4 is 4.74 Å². The molecule has 1 aliphatic rings. The second-order valence-electron chi connectivity index (χ2n) is 5.31. The maximum Gasteiger partial charge on any atom is 0.336 e. The number of benzene rings is 1. The summed E-state index contributed by atoms with van der Waals surface area (Å²) in [6.45, 7) is -0.837. The predicted molar refractivity (Wildman–Crippen MR) is 75.5 cm³/mol. The van der Waals surface area contributed by atoms with Crippen LogP contribution in [0, 0.1) is 0 Å². The number of rotatable bonds is 4. The third-order valence-electron chi connectivity index (χ3n) is 3.90. The predicted octanol–water partition coefficient (Wildman–Crippen LogP) is -2.28. The summed E-state index contributed by atoms with van der Waals surface area (Å²) in [5.41, 5.74) is -1.24. The molecule has 10 heteroatoms. The van der Waals surface area contributed by atoms with Gasteiger partial charge < -0.3 is 45.2 Å². The summed E-state index contributed by atoms with van der Waals surface area (Å²) in [4.78, 5) is 11.4. The van der Waals surface area contributed by atoms with Crippen LogP contribution in [0.25, 0.3) is 0 Å². The summed E-state index contributed by atoms with van der Waals surface area (Å²) in [6, 6.07) is 1.94. The molecule has 7 N–H and O–H groups in total. The van der Waals surface area contributed by atoms with Crippen molar-refractivity contribution in [3.05, 3.63) is 23.3 Å². The summed E-state index contributed by atoms with van der Waals surface area (Å²) in [5.74, 6) is -5.46. The summed E-state index contributed by atoms with van der Waals surface area (Å²) in [5, 5.41) is 68.9. The van der Waals surface area contributed by atoms with Crippen LogP contribution >= 0.6 is 0 Å². The second-order valence-corrected chi connectivity index (χ2v) is 5.31. The van der Waals surface area contributed by atoms with Crippen molar-refractivity contribution < 1.29 is 50.0 Å². The van der Waals surface area contributed by atoms with E-state index in [1.165, 1.54) is 0 Å². The van der Waals surface area contributed by atoms with E-state index in [4.69, 9.17) is 9.47 Å². The Balaban J connectivity index is 2.72. The zero-order valence-corrected chi connectivity index (χ0v) is 12.5. The molecule has 1 aromatic carbocycles. The molecule has 1 fully saturated rings. The molecule has 1 saturated heterocycles. The molecular weight excluding hydrogens is 328 g/mol. The number of carbonyl (C=O) groups is 1. The van der Waals surface area contributed by atoms with Crippen molar-refractivity contribution in [2.24, 2.45) is 0 Å². The van der Waals surface area contributed by atoms with Crippen molar-refractivity contribution in [2.75, 3.05) is 13.7 Å². The number of phenolic OH excluding ortho intramolecular Hbond substituents is 1. The van der Waals surface area contributed by atoms with Crippen LogP contribution in [0.4, 0.5) is 0 Å². The van der Waals surface area contributed by atoms with Crippen molar-refractivity contribution in [3.8, 4) is 11.5 Å². The molecule has 5 atom stereocenters. The molecular formula is C14H18O10. The Kier molecular flexibility index (Phi) is 4.99. The summed E-state index contributed by atoms with van der Waals surface area (Å²) < 4.78 is 9.98. The number of aromatic hydroxyl groups is 1. The van der Waals surface area contributed by atoms with Gasteiger partial charge in [0.2, 0.25) is 5.79 Å². The zero-order valence-electron chi connectivity index (χ0n) is 12.5. The fourth-order valence-corrected chi connectivity index (χ4v) is 2.67. The molecule has 0 radical (unpaired) electrons. The van der Waals surface area contributed by atoms with E-state index >= 15 is 0 Å². The highest BCUT2D eigenvalue weighted by Crippen LogP contribution is 2.45. The van der Waals surface area contributed by atoms with E-state index in [2.05, 4.69) is 0 Å². The minimum Gasteiger partial charge on any atom is -0.504 e. The minimum atomic E-state index is -2.87. The van der Waals surface area contributed by atoms with Gasteiger partial charge in [0.1, 0.15) is 24.4 Å². The molecule has 0 bridgehead atoms. The highest BCUT2D eigenvalue weighted by Gasteiger charge is 2.56. The quantitative estimate of drug-likeness (QED) is 0.314. The molecule has 1 aliphatic heterocycles. The maximum absolute atomic E-state index is 11.4. The number of ether oxygens (including phenoxy) is 2. The number of hydrogen-bond donors (Lipinski definition) is 7. The fourth-order valence-electron chi connectivity index (χ4n) is 2.67. The molecule has 134 valence electrons. The number of carboxylic acids is 1. The Labute approximate surface area is 135 Å². The zero-order chi connectivity index (χ0) is 18.2. The van der Waals surface area contributed by atoms with E-state index in [1.54, 1.807) is 0 Å². The van der Waals surface area contributed by atoms with Gasteiger partial charge in [0.15, 0.2) is 11.5 Å². The van der Waals surface area contributed by atoms with E-state index in [1.807, 2.05) is 0 Å². The van der Waals surface area contributed by atoms with Crippen molar-refractivity contribution in [3.63, 3.8) is 0 Å². The molecule has 0 aromatic heterocycles. The lowest BCUT2D eigenvalue weighted by Gasteiger charge is -2.46. The standard InChI is InChI=1S/C14H18O10/c1-23-11-6(16)3-2-5(13(20)21)8(11)14(22)12(19)10(18)9(17)7(4-15)24-14/h2-3,7,9-10,12,15-19,22H,4H2,1H3,(H,20,21)/t7-,9-,10+,12-,14?/m1/s1. The Morgan fingerprint density at radius 3 is 2.42 bits per heavy atom. The third kappa shape index (κ3) is 2.69. The van der Waals surface area contributed by atoms with E-state index in [0.717, 1.165) is 19.2 Å². The summed E-state index contributed by atoms with van der Waals surface area (Å²) in [6.07, 6.45) is -7.41. The highest BCUT2D eigenvalue weighted by molar-refractivity contribution is 5.91. The van der Waals surface area contributed by atoms with Crippen LogP contribution in [0.2, 0.25) is 0 Å². The van der Waals surface area contributed by atoms with Crippen molar-refractivity contribution in [1.82, 2.24) is 0 Å². The van der Waals surface area contributed by atoms with Gasteiger partial charge in [0.25, 0.3) is 0 Å². The summed E-state index contributed by atoms with van der Waals surface area (Å²) in [7, 11) is 1.08. The second kappa shape index (κ2) is 6.51. The first kappa shape index (κ1) is 18.4. The minimum absolute atomic E-state index is 0.503. The maximum atomic E-state index is 11.4. The smallest absolute Gasteiger partial charge is 0.336 e. The van der Waals surface area contributed by atoms with E-state index in [9.17, 15) is 40.5 Å². The van der Waals surface area contributed by atoms with E-state index in [0.29, 0.717) is 0 Å². The molecule has 1 unspecified atom stereocenters. The van der Waals surface area contributed by atoms with Gasteiger partial charge in [-0.25, -0.2) is 4.79 Å². The average molecular weight is 346 g/mol. The van der Waals surface area contributed by atoms with Gasteiger partial charge in [-0.2, -0.15) is 0 Å². The number of carboxylic acid groups (broad SMARTS) is 1. The first-order valence-corrected chi connectivity index (χ1v) is 6.88. The Hall–Kier alpha value is -1.95. The number of aliphatic hydroxyl groups excluding tert-OH is 4. The van der Waals surface area contributed by atoms with Crippen LogP contribution in [-0.2, 0) is 10.5 Å². The lowest BCUT2D eigenvalue weighted by atomic mass is 9.85. The van der Waals surface area contributed by atoms with Crippen LogP contribution in [0.15, 0.2) is 12.1 Å². The topological polar surface area (TPSA) is 177 Å². The molecule has 24 heavy (non-hydrogen) atoms. The first-order valence-electron chi connectivity index (χ1n) is 6.88.